The van der Waals surface area contributed by atoms with E-state index in [-0.39, 0.29) is 5.54 Å². The van der Waals surface area contributed by atoms with Crippen molar-refractivity contribution in [3.05, 3.63) is 18.2 Å². The van der Waals surface area contributed by atoms with E-state index in [0.29, 0.717) is 6.54 Å². The van der Waals surface area contributed by atoms with Crippen LogP contribution in [-0.4, -0.2) is 39.6 Å². The molecular formula is C13H26N4. The molecule has 0 radical (unpaired) electrons. The van der Waals surface area contributed by atoms with Gasteiger partial charge in [0.1, 0.15) is 5.82 Å². The summed E-state index contributed by atoms with van der Waals surface area (Å²) in [4.78, 5) is 6.71. The number of aryl methyl sites for hydroxylation is 1. The molecule has 1 aromatic heterocycles. The van der Waals surface area contributed by atoms with E-state index >= 15 is 0 Å². The highest BCUT2D eigenvalue weighted by atomic mass is 15.2. The average molecular weight is 238 g/mol. The van der Waals surface area contributed by atoms with E-state index in [9.17, 15) is 0 Å². The minimum absolute atomic E-state index is 0.0739. The number of imidazole rings is 1. The lowest BCUT2D eigenvalue weighted by Gasteiger charge is -2.37. The predicted molar refractivity (Wildman–Crippen MR) is 72.0 cm³/mol. The Kier molecular flexibility index (Phi) is 5.15. The molecule has 98 valence electrons. The quantitative estimate of drug-likeness (QED) is 0.785. The lowest BCUT2D eigenvalue weighted by atomic mass is 10.0. The molecule has 0 aliphatic carbocycles. The fraction of sp³-hybridized carbons (Fsp3) is 0.769. The van der Waals surface area contributed by atoms with Crippen molar-refractivity contribution >= 4 is 0 Å². The molecule has 1 heterocycles. The van der Waals surface area contributed by atoms with Crippen molar-refractivity contribution in [2.45, 2.75) is 46.2 Å². The van der Waals surface area contributed by atoms with Gasteiger partial charge in [0.2, 0.25) is 0 Å². The van der Waals surface area contributed by atoms with Crippen LogP contribution in [0.1, 0.15) is 33.0 Å². The fourth-order valence-corrected chi connectivity index (χ4v) is 1.98. The number of hydrogen-bond donors (Lipinski definition) is 1. The van der Waals surface area contributed by atoms with Gasteiger partial charge in [0, 0.05) is 37.6 Å². The first-order valence-electron chi connectivity index (χ1n) is 6.44. The third kappa shape index (κ3) is 3.82. The van der Waals surface area contributed by atoms with E-state index in [1.54, 1.807) is 0 Å². The van der Waals surface area contributed by atoms with Gasteiger partial charge in [-0.2, -0.15) is 0 Å². The molecule has 0 spiro atoms. The van der Waals surface area contributed by atoms with Crippen LogP contribution in [0.2, 0.25) is 0 Å². The first-order chi connectivity index (χ1) is 8.01. The molecule has 0 saturated carbocycles. The lowest BCUT2D eigenvalue weighted by Crippen LogP contribution is -2.50. The normalized spacial score (nSPS) is 12.4. The van der Waals surface area contributed by atoms with Crippen LogP contribution in [0.5, 0.6) is 0 Å². The Balaban J connectivity index is 2.59. The van der Waals surface area contributed by atoms with Crippen molar-refractivity contribution in [1.29, 1.82) is 0 Å². The highest BCUT2D eigenvalue weighted by Gasteiger charge is 2.23. The molecule has 0 unspecified atom stereocenters. The Morgan fingerprint density at radius 1 is 1.41 bits per heavy atom. The van der Waals surface area contributed by atoms with E-state index < -0.39 is 0 Å². The first kappa shape index (κ1) is 14.2. The number of aromatic nitrogens is 2. The van der Waals surface area contributed by atoms with Crippen LogP contribution >= 0.6 is 0 Å². The second-order valence-electron chi connectivity index (χ2n) is 5.17. The number of nitrogens with two attached hydrogens (primary N) is 1. The van der Waals surface area contributed by atoms with Crippen molar-refractivity contribution in [3.8, 4) is 0 Å². The largest absolute Gasteiger partial charge is 0.334 e. The highest BCUT2D eigenvalue weighted by Crippen LogP contribution is 2.13. The van der Waals surface area contributed by atoms with E-state index in [1.165, 1.54) is 0 Å². The summed E-state index contributed by atoms with van der Waals surface area (Å²) in [6, 6.07) is 0. The molecular weight excluding hydrogens is 212 g/mol. The van der Waals surface area contributed by atoms with Gasteiger partial charge in [0.25, 0.3) is 0 Å². The lowest BCUT2D eigenvalue weighted by molar-refractivity contribution is 0.121. The standard InChI is InChI=1S/C13H26N4/c1-5-7-17(13(3,4)11-14)10-9-16-8-6-15-12(16)2/h6,8H,5,7,9-11,14H2,1-4H3. The van der Waals surface area contributed by atoms with Crippen molar-refractivity contribution < 1.29 is 0 Å². The van der Waals surface area contributed by atoms with Gasteiger partial charge in [-0.1, -0.05) is 6.92 Å². The minimum atomic E-state index is 0.0739. The summed E-state index contributed by atoms with van der Waals surface area (Å²) >= 11 is 0. The molecule has 4 nitrogen and oxygen atoms in total. The Bertz CT molecular complexity index is 330. The Hall–Kier alpha value is -0.870. The topological polar surface area (TPSA) is 47.1 Å². The van der Waals surface area contributed by atoms with Gasteiger partial charge >= 0.3 is 0 Å². The van der Waals surface area contributed by atoms with Crippen LogP contribution in [0.4, 0.5) is 0 Å². The van der Waals surface area contributed by atoms with Crippen LogP contribution in [0.25, 0.3) is 0 Å². The van der Waals surface area contributed by atoms with Gasteiger partial charge in [-0.15, -0.1) is 0 Å². The third-order valence-electron chi connectivity index (χ3n) is 3.38. The molecule has 1 rings (SSSR count). The Morgan fingerprint density at radius 3 is 2.59 bits per heavy atom. The van der Waals surface area contributed by atoms with E-state index in [4.69, 9.17) is 5.73 Å². The second kappa shape index (κ2) is 6.17. The Labute approximate surface area is 105 Å². The fourth-order valence-electron chi connectivity index (χ4n) is 1.98. The maximum atomic E-state index is 5.86. The minimum Gasteiger partial charge on any atom is -0.334 e. The van der Waals surface area contributed by atoms with Crippen molar-refractivity contribution in [2.24, 2.45) is 5.73 Å². The Morgan fingerprint density at radius 2 is 2.12 bits per heavy atom. The maximum Gasteiger partial charge on any atom is 0.105 e. The summed E-state index contributed by atoms with van der Waals surface area (Å²) in [5, 5.41) is 0. The summed E-state index contributed by atoms with van der Waals surface area (Å²) in [5.74, 6) is 1.08. The first-order valence-corrected chi connectivity index (χ1v) is 6.44. The molecule has 0 aliphatic rings. The zero-order valence-electron chi connectivity index (χ0n) is 11.6. The second-order valence-corrected chi connectivity index (χ2v) is 5.17. The summed E-state index contributed by atoms with van der Waals surface area (Å²) in [5.41, 5.74) is 5.93. The van der Waals surface area contributed by atoms with Gasteiger partial charge in [0.15, 0.2) is 0 Å². The molecule has 17 heavy (non-hydrogen) atoms. The summed E-state index contributed by atoms with van der Waals surface area (Å²) in [7, 11) is 0. The number of nitrogens with zero attached hydrogens (tertiary/aromatic N) is 3. The van der Waals surface area contributed by atoms with Crippen molar-refractivity contribution in [1.82, 2.24) is 14.5 Å². The van der Waals surface area contributed by atoms with Crippen molar-refractivity contribution in [3.63, 3.8) is 0 Å². The van der Waals surface area contributed by atoms with E-state index in [1.807, 2.05) is 19.3 Å². The SMILES string of the molecule is CCCN(CCn1ccnc1C)C(C)(C)CN. The van der Waals surface area contributed by atoms with Gasteiger partial charge < -0.3 is 10.3 Å². The number of hydrogen-bond acceptors (Lipinski definition) is 3. The molecule has 4 heteroatoms. The molecule has 0 aliphatic heterocycles. The highest BCUT2D eigenvalue weighted by molar-refractivity contribution is 4.89. The predicted octanol–water partition coefficient (Wildman–Crippen LogP) is 1.64. The molecule has 0 fully saturated rings. The smallest absolute Gasteiger partial charge is 0.105 e. The molecule has 0 aromatic carbocycles. The van der Waals surface area contributed by atoms with Crippen LogP contribution in [0, 0.1) is 6.92 Å². The molecule has 2 N–H and O–H groups in total. The third-order valence-corrected chi connectivity index (χ3v) is 3.38. The van der Waals surface area contributed by atoms with E-state index in [2.05, 4.69) is 35.2 Å². The molecule has 0 atom stereocenters. The van der Waals surface area contributed by atoms with Crippen LogP contribution in [0.3, 0.4) is 0 Å². The van der Waals surface area contributed by atoms with Crippen LogP contribution < -0.4 is 5.73 Å². The molecule has 0 bridgehead atoms. The summed E-state index contributed by atoms with van der Waals surface area (Å²) < 4.78 is 2.19. The molecule has 0 amide bonds. The zero-order chi connectivity index (χ0) is 12.9. The summed E-state index contributed by atoms with van der Waals surface area (Å²) in [6.07, 6.45) is 5.05. The van der Waals surface area contributed by atoms with Gasteiger partial charge in [0.05, 0.1) is 0 Å². The monoisotopic (exact) mass is 238 g/mol. The molecule has 1 aromatic rings. The van der Waals surface area contributed by atoms with E-state index in [0.717, 1.165) is 31.9 Å². The number of rotatable bonds is 7. The van der Waals surface area contributed by atoms with Gasteiger partial charge in [-0.3, -0.25) is 4.90 Å². The van der Waals surface area contributed by atoms with Crippen LogP contribution in [-0.2, 0) is 6.54 Å². The maximum absolute atomic E-state index is 5.86. The summed E-state index contributed by atoms with van der Waals surface area (Å²) in [6.45, 7) is 12.5. The van der Waals surface area contributed by atoms with Gasteiger partial charge in [-0.05, 0) is 33.7 Å². The zero-order valence-corrected chi connectivity index (χ0v) is 11.6. The average Bonchev–Trinajstić information content (AvgIpc) is 2.70. The molecule has 0 saturated heterocycles. The van der Waals surface area contributed by atoms with Crippen molar-refractivity contribution in [2.75, 3.05) is 19.6 Å². The van der Waals surface area contributed by atoms with Crippen LogP contribution in [0.15, 0.2) is 12.4 Å². The van der Waals surface area contributed by atoms with Gasteiger partial charge in [-0.25, -0.2) is 4.98 Å².